The molecule has 0 spiro atoms. The summed E-state index contributed by atoms with van der Waals surface area (Å²) in [5.74, 6) is 12.8. The van der Waals surface area contributed by atoms with Crippen LogP contribution in [0.2, 0.25) is 0 Å². The number of nitrogens with two attached hydrogens (primary N) is 1. The highest BCUT2D eigenvalue weighted by Crippen LogP contribution is 2.15. The van der Waals surface area contributed by atoms with Gasteiger partial charge < -0.3 is 10.3 Å². The molecule has 5 heterocycles. The van der Waals surface area contributed by atoms with Crippen LogP contribution in [-0.4, -0.2) is 59.1 Å². The number of anilines is 1. The van der Waals surface area contributed by atoms with Crippen molar-refractivity contribution in [2.75, 3.05) is 5.73 Å². The van der Waals surface area contributed by atoms with E-state index in [0.29, 0.717) is 47.9 Å². The molecule has 0 atom stereocenters. The van der Waals surface area contributed by atoms with E-state index in [0.717, 1.165) is 16.8 Å². The Morgan fingerprint density at radius 3 is 2.12 bits per heavy atom. The second kappa shape index (κ2) is 11.6. The maximum absolute atomic E-state index is 12.0. The lowest BCUT2D eigenvalue weighted by Crippen LogP contribution is -2.31. The van der Waals surface area contributed by atoms with E-state index in [9.17, 15) is 9.59 Å². The minimum atomic E-state index is -0.503. The molecule has 0 fully saturated rings. The van der Waals surface area contributed by atoms with Crippen LogP contribution < -0.4 is 17.0 Å². The van der Waals surface area contributed by atoms with Crippen molar-refractivity contribution in [2.24, 2.45) is 0 Å². The predicted molar refractivity (Wildman–Crippen MR) is 154 cm³/mol. The van der Waals surface area contributed by atoms with Crippen LogP contribution in [0.1, 0.15) is 28.1 Å². The maximum atomic E-state index is 12.0. The van der Waals surface area contributed by atoms with Gasteiger partial charge in [-0.15, -0.1) is 10.2 Å². The number of nitrogens with zero attached hydrogens (tertiary/aromatic N) is 11. The van der Waals surface area contributed by atoms with Gasteiger partial charge in [-0.2, -0.15) is 0 Å². The molecule has 6 rings (SSSR count). The Bertz CT molecular complexity index is 2190. The third-order valence-corrected chi connectivity index (χ3v) is 6.31. The van der Waals surface area contributed by atoms with Gasteiger partial charge in [-0.05, 0) is 19.1 Å². The van der Waals surface area contributed by atoms with Crippen LogP contribution in [-0.2, 0) is 26.2 Å². The average Bonchev–Trinajstić information content (AvgIpc) is 3.74. The van der Waals surface area contributed by atoms with Gasteiger partial charge in [-0.1, -0.05) is 46.2 Å². The van der Waals surface area contributed by atoms with E-state index in [-0.39, 0.29) is 6.54 Å². The third-order valence-electron chi connectivity index (χ3n) is 6.31. The van der Waals surface area contributed by atoms with Gasteiger partial charge in [0.05, 0.1) is 31.8 Å². The Morgan fingerprint density at radius 1 is 0.837 bits per heavy atom. The van der Waals surface area contributed by atoms with Gasteiger partial charge in [0.25, 0.3) is 5.56 Å². The third kappa shape index (κ3) is 6.06. The Kier molecular flexibility index (Phi) is 7.27. The average molecular weight is 574 g/mol. The highest BCUT2D eigenvalue weighted by atomic mass is 16.2. The number of aromatic amines is 1. The van der Waals surface area contributed by atoms with Crippen LogP contribution in [0.15, 0.2) is 65.1 Å². The molecule has 0 radical (unpaired) electrons. The number of aromatic nitrogens is 12. The minimum absolute atomic E-state index is 0.181. The van der Waals surface area contributed by atoms with Crippen LogP contribution in [0.3, 0.4) is 0 Å². The highest BCUT2D eigenvalue weighted by molar-refractivity contribution is 5.81. The quantitative estimate of drug-likeness (QED) is 0.256. The van der Waals surface area contributed by atoms with E-state index < -0.39 is 11.2 Å². The summed E-state index contributed by atoms with van der Waals surface area (Å²) < 4.78 is 6.44. The number of rotatable bonds is 6. The molecule has 6 aromatic rings. The van der Waals surface area contributed by atoms with Gasteiger partial charge in [0.2, 0.25) is 0 Å². The first-order chi connectivity index (χ1) is 20.9. The molecule has 0 unspecified atom stereocenters. The van der Waals surface area contributed by atoms with Crippen molar-refractivity contribution < 1.29 is 0 Å². The molecule has 15 heteroatoms. The number of hydrogen-bond donors (Lipinski definition) is 2. The number of nitrogen functional groups attached to an aromatic ring is 1. The fourth-order valence-corrected chi connectivity index (χ4v) is 4.21. The van der Waals surface area contributed by atoms with E-state index in [1.807, 2.05) is 35.0 Å². The maximum Gasteiger partial charge on any atom is 0.328 e. The second-order valence-electron chi connectivity index (χ2n) is 9.47. The van der Waals surface area contributed by atoms with E-state index in [2.05, 4.69) is 64.2 Å². The van der Waals surface area contributed by atoms with E-state index in [1.165, 1.54) is 17.1 Å². The molecule has 43 heavy (non-hydrogen) atoms. The fraction of sp³-hybridized carbons (Fsp3) is 0.179. The number of nitrogens with one attached hydrogen (secondary N) is 1. The summed E-state index contributed by atoms with van der Waals surface area (Å²) in [6.07, 6.45) is 8.07. The Morgan fingerprint density at radius 2 is 1.47 bits per heavy atom. The lowest BCUT2D eigenvalue weighted by atomic mass is 10.1. The summed E-state index contributed by atoms with van der Waals surface area (Å²) in [4.78, 5) is 38.4. The molecule has 0 saturated heterocycles. The van der Waals surface area contributed by atoms with Crippen molar-refractivity contribution in [1.82, 2.24) is 59.1 Å². The minimum Gasteiger partial charge on any atom is -0.382 e. The number of aryl methyl sites for hydroxylation is 1. The fourth-order valence-electron chi connectivity index (χ4n) is 4.21. The molecule has 0 saturated carbocycles. The molecule has 212 valence electrons. The van der Waals surface area contributed by atoms with Crippen molar-refractivity contribution in [1.29, 1.82) is 0 Å². The molecule has 0 bridgehead atoms. The molecule has 1 aromatic carbocycles. The number of benzene rings is 1. The molecular weight excluding hydrogens is 550 g/mol. The monoisotopic (exact) mass is 573 g/mol. The van der Waals surface area contributed by atoms with Crippen LogP contribution in [0.4, 0.5) is 5.82 Å². The van der Waals surface area contributed by atoms with Gasteiger partial charge in [-0.3, -0.25) is 14.3 Å². The van der Waals surface area contributed by atoms with Crippen molar-refractivity contribution in [2.45, 2.75) is 33.1 Å². The highest BCUT2D eigenvalue weighted by Gasteiger charge is 2.10. The first-order valence-corrected chi connectivity index (χ1v) is 13.0. The van der Waals surface area contributed by atoms with Crippen LogP contribution in [0.25, 0.3) is 11.2 Å². The normalized spacial score (nSPS) is 10.7. The first-order valence-electron chi connectivity index (χ1n) is 13.0. The van der Waals surface area contributed by atoms with Crippen molar-refractivity contribution in [3.05, 3.63) is 104 Å². The zero-order chi connectivity index (χ0) is 29.8. The molecule has 0 aliphatic heterocycles. The van der Waals surface area contributed by atoms with E-state index in [1.54, 1.807) is 28.8 Å². The zero-order valence-corrected chi connectivity index (χ0v) is 22.8. The van der Waals surface area contributed by atoms with Gasteiger partial charge in [-0.25, -0.2) is 29.1 Å². The summed E-state index contributed by atoms with van der Waals surface area (Å²) in [6.45, 7) is 2.88. The smallest absolute Gasteiger partial charge is 0.328 e. The molecule has 3 N–H and O–H groups in total. The lowest BCUT2D eigenvalue weighted by molar-refractivity contribution is 0.667. The lowest BCUT2D eigenvalue weighted by Gasteiger charge is -2.02. The van der Waals surface area contributed by atoms with E-state index >= 15 is 0 Å². The van der Waals surface area contributed by atoms with Gasteiger partial charge >= 0.3 is 5.69 Å². The summed E-state index contributed by atoms with van der Waals surface area (Å²) in [5.41, 5.74) is 9.41. The second-order valence-corrected chi connectivity index (χ2v) is 9.47. The largest absolute Gasteiger partial charge is 0.382 e. The zero-order valence-electron chi connectivity index (χ0n) is 22.8. The Hall–Kier alpha value is -6.35. The molecule has 5 aromatic heterocycles. The summed E-state index contributed by atoms with van der Waals surface area (Å²) in [5, 5.41) is 16.6. The molecule has 0 aliphatic carbocycles. The standard InChI is InChI=1S/C28H23N13O2/c1-19-12-38(28(43)33-27(19)42)13-22-15-40(36-34-22)10-4-8-20-6-2-3-7-21(20)9-5-11-41-16-23(35-37-41)14-39-18-32-24-25(29)30-17-31-26(24)39/h2-3,6-7,12,15-18H,10-11,13-14H2,1H3,(H2,29,30,31)(H,33,42,43). The number of H-pyrrole nitrogens is 1. The van der Waals surface area contributed by atoms with Gasteiger partial charge in [0, 0.05) is 22.9 Å². The number of hydrogen-bond acceptors (Lipinski definition) is 10. The van der Waals surface area contributed by atoms with Gasteiger partial charge in [0.1, 0.15) is 36.3 Å². The van der Waals surface area contributed by atoms with Crippen LogP contribution in [0.5, 0.6) is 0 Å². The van der Waals surface area contributed by atoms with Gasteiger partial charge in [0.15, 0.2) is 11.5 Å². The summed E-state index contributed by atoms with van der Waals surface area (Å²) >= 11 is 0. The molecule has 0 amide bonds. The Balaban J connectivity index is 1.08. The predicted octanol–water partition coefficient (Wildman–Crippen LogP) is -0.0501. The van der Waals surface area contributed by atoms with E-state index in [4.69, 9.17) is 5.73 Å². The van der Waals surface area contributed by atoms with Crippen molar-refractivity contribution in [3.63, 3.8) is 0 Å². The molecule has 0 aliphatic rings. The molecule has 15 nitrogen and oxygen atoms in total. The van der Waals surface area contributed by atoms with Crippen LogP contribution in [0, 0.1) is 30.6 Å². The van der Waals surface area contributed by atoms with Crippen molar-refractivity contribution >= 4 is 17.0 Å². The topological polar surface area (TPSA) is 186 Å². The summed E-state index contributed by atoms with van der Waals surface area (Å²) in [6, 6.07) is 7.60. The number of fused-ring (bicyclic) bond motifs is 1. The Labute approximate surface area is 243 Å². The SMILES string of the molecule is Cc1cn(Cc2cn(CC#Cc3ccccc3C#CCn3cc(Cn4cnc5c(N)ncnc54)nn3)nn2)c(=O)[nH]c1=O. The van der Waals surface area contributed by atoms with Crippen LogP contribution >= 0.6 is 0 Å². The van der Waals surface area contributed by atoms with Crippen molar-refractivity contribution in [3.8, 4) is 23.7 Å². The number of imidazole rings is 1. The summed E-state index contributed by atoms with van der Waals surface area (Å²) in [7, 11) is 0. The first kappa shape index (κ1) is 26.9. The molecular formula is C28H23N13O2.